The number of hydrogen-bond donors (Lipinski definition) is 2. The Labute approximate surface area is 94.7 Å². The van der Waals surface area contributed by atoms with Gasteiger partial charge < -0.3 is 10.2 Å². The van der Waals surface area contributed by atoms with Crippen molar-refractivity contribution in [3.05, 3.63) is 0 Å². The molecular formula is C13H28O2. The molecule has 0 aliphatic heterocycles. The fraction of sp³-hybridized carbons (Fsp3) is 1.00. The Bertz CT molecular complexity index is 126. The Balaban J connectivity index is 3.72. The molecule has 0 rings (SSSR count). The fourth-order valence-corrected chi connectivity index (χ4v) is 2.02. The molecule has 92 valence electrons. The van der Waals surface area contributed by atoms with Crippen LogP contribution >= 0.6 is 0 Å². The first kappa shape index (κ1) is 14.9. The summed E-state index contributed by atoms with van der Waals surface area (Å²) >= 11 is 0. The third-order valence-electron chi connectivity index (χ3n) is 3.00. The molecule has 2 unspecified atom stereocenters. The van der Waals surface area contributed by atoms with Crippen molar-refractivity contribution in [3.63, 3.8) is 0 Å². The number of rotatable bonds is 10. The van der Waals surface area contributed by atoms with Gasteiger partial charge >= 0.3 is 0 Å². The van der Waals surface area contributed by atoms with Crippen molar-refractivity contribution in [1.29, 1.82) is 0 Å². The molecule has 15 heavy (non-hydrogen) atoms. The summed E-state index contributed by atoms with van der Waals surface area (Å²) in [5, 5.41) is 18.3. The van der Waals surface area contributed by atoms with Crippen molar-refractivity contribution in [2.75, 3.05) is 6.61 Å². The summed E-state index contributed by atoms with van der Waals surface area (Å²) in [6, 6.07) is 0. The molecule has 0 spiro atoms. The number of hydrogen-bond acceptors (Lipinski definition) is 2. The highest BCUT2D eigenvalue weighted by molar-refractivity contribution is 4.65. The molecule has 2 heteroatoms. The Morgan fingerprint density at radius 3 is 2.07 bits per heavy atom. The van der Waals surface area contributed by atoms with Crippen molar-refractivity contribution in [1.82, 2.24) is 0 Å². The zero-order valence-corrected chi connectivity index (χ0v) is 10.4. The van der Waals surface area contributed by atoms with Gasteiger partial charge in [0.05, 0.1) is 12.7 Å². The van der Waals surface area contributed by atoms with E-state index in [2.05, 4.69) is 13.8 Å². The molecule has 0 bridgehead atoms. The van der Waals surface area contributed by atoms with Crippen LogP contribution in [0.25, 0.3) is 0 Å². The summed E-state index contributed by atoms with van der Waals surface area (Å²) in [5.74, 6) is 0.610. The standard InChI is InChI=1S/C13H28O2/c1-3-5-7-9-12(8-6-4-2)10-13(15)11-14/h12-15H,3-11H2,1-2H3. The van der Waals surface area contributed by atoms with Gasteiger partial charge in [0.2, 0.25) is 0 Å². The third-order valence-corrected chi connectivity index (χ3v) is 3.00. The summed E-state index contributed by atoms with van der Waals surface area (Å²) in [6.45, 7) is 4.32. The van der Waals surface area contributed by atoms with Crippen LogP contribution in [0.5, 0.6) is 0 Å². The van der Waals surface area contributed by atoms with E-state index >= 15 is 0 Å². The molecule has 0 saturated heterocycles. The molecule has 0 aromatic carbocycles. The highest BCUT2D eigenvalue weighted by Gasteiger charge is 2.13. The van der Waals surface area contributed by atoms with E-state index in [9.17, 15) is 5.11 Å². The van der Waals surface area contributed by atoms with Gasteiger partial charge in [0, 0.05) is 0 Å². The summed E-state index contributed by atoms with van der Waals surface area (Å²) in [7, 11) is 0. The second kappa shape index (κ2) is 10.4. The zero-order chi connectivity index (χ0) is 11.5. The van der Waals surface area contributed by atoms with Crippen LogP contribution in [0, 0.1) is 5.92 Å². The van der Waals surface area contributed by atoms with Gasteiger partial charge in [-0.3, -0.25) is 0 Å². The largest absolute Gasteiger partial charge is 0.394 e. The van der Waals surface area contributed by atoms with Crippen LogP contribution in [-0.4, -0.2) is 22.9 Å². The van der Waals surface area contributed by atoms with Crippen LogP contribution in [0.2, 0.25) is 0 Å². The summed E-state index contributed by atoms with van der Waals surface area (Å²) in [4.78, 5) is 0. The lowest BCUT2D eigenvalue weighted by atomic mass is 9.90. The maximum atomic E-state index is 9.43. The maximum Gasteiger partial charge on any atom is 0.0773 e. The molecule has 2 atom stereocenters. The first-order valence-electron chi connectivity index (χ1n) is 6.53. The number of aliphatic hydroxyl groups is 2. The maximum absolute atomic E-state index is 9.43. The van der Waals surface area contributed by atoms with Gasteiger partial charge in [-0.15, -0.1) is 0 Å². The highest BCUT2D eigenvalue weighted by Crippen LogP contribution is 2.21. The lowest BCUT2D eigenvalue weighted by molar-refractivity contribution is 0.0706. The molecule has 0 aliphatic rings. The van der Waals surface area contributed by atoms with E-state index in [4.69, 9.17) is 5.11 Å². The summed E-state index contributed by atoms with van der Waals surface area (Å²) in [6.07, 6.45) is 8.97. The van der Waals surface area contributed by atoms with Gasteiger partial charge in [0.15, 0.2) is 0 Å². The molecular weight excluding hydrogens is 188 g/mol. The van der Waals surface area contributed by atoms with Crippen LogP contribution in [0.1, 0.15) is 65.2 Å². The molecule has 0 heterocycles. The van der Waals surface area contributed by atoms with Gasteiger partial charge in [-0.1, -0.05) is 58.8 Å². The van der Waals surface area contributed by atoms with Crippen molar-refractivity contribution >= 4 is 0 Å². The molecule has 2 N–H and O–H groups in total. The lowest BCUT2D eigenvalue weighted by Gasteiger charge is -2.19. The van der Waals surface area contributed by atoms with Crippen LogP contribution in [0.4, 0.5) is 0 Å². The van der Waals surface area contributed by atoms with Crippen LogP contribution in [-0.2, 0) is 0 Å². The van der Waals surface area contributed by atoms with E-state index in [1.165, 1.54) is 44.9 Å². The predicted octanol–water partition coefficient (Wildman–Crippen LogP) is 3.12. The van der Waals surface area contributed by atoms with Crippen LogP contribution in [0.15, 0.2) is 0 Å². The van der Waals surface area contributed by atoms with E-state index in [1.807, 2.05) is 0 Å². The van der Waals surface area contributed by atoms with Gasteiger partial charge in [-0.25, -0.2) is 0 Å². The van der Waals surface area contributed by atoms with Crippen molar-refractivity contribution in [2.24, 2.45) is 5.92 Å². The topological polar surface area (TPSA) is 40.5 Å². The van der Waals surface area contributed by atoms with Crippen molar-refractivity contribution in [2.45, 2.75) is 71.3 Å². The molecule has 0 aliphatic carbocycles. The quantitative estimate of drug-likeness (QED) is 0.551. The minimum atomic E-state index is -0.506. The zero-order valence-electron chi connectivity index (χ0n) is 10.4. The van der Waals surface area contributed by atoms with Gasteiger partial charge in [-0.05, 0) is 12.3 Å². The van der Waals surface area contributed by atoms with Crippen molar-refractivity contribution < 1.29 is 10.2 Å². The molecule has 0 radical (unpaired) electrons. The second-order valence-corrected chi connectivity index (χ2v) is 4.58. The van der Waals surface area contributed by atoms with Gasteiger partial charge in [0.25, 0.3) is 0 Å². The lowest BCUT2D eigenvalue weighted by Crippen LogP contribution is -2.17. The Hall–Kier alpha value is -0.0800. The molecule has 0 fully saturated rings. The molecule has 0 saturated carbocycles. The van der Waals surface area contributed by atoms with E-state index in [0.717, 1.165) is 6.42 Å². The highest BCUT2D eigenvalue weighted by atomic mass is 16.3. The third kappa shape index (κ3) is 8.88. The second-order valence-electron chi connectivity index (χ2n) is 4.58. The van der Waals surface area contributed by atoms with Gasteiger partial charge in [0.1, 0.15) is 0 Å². The first-order chi connectivity index (χ1) is 7.24. The minimum Gasteiger partial charge on any atom is -0.394 e. The van der Waals surface area contributed by atoms with E-state index in [-0.39, 0.29) is 6.61 Å². The van der Waals surface area contributed by atoms with E-state index in [1.54, 1.807) is 0 Å². The molecule has 0 aromatic heterocycles. The fourth-order valence-electron chi connectivity index (χ4n) is 2.02. The molecule has 2 nitrogen and oxygen atoms in total. The van der Waals surface area contributed by atoms with Gasteiger partial charge in [-0.2, -0.15) is 0 Å². The van der Waals surface area contributed by atoms with E-state index in [0.29, 0.717) is 5.92 Å². The van der Waals surface area contributed by atoms with Crippen LogP contribution in [0.3, 0.4) is 0 Å². The van der Waals surface area contributed by atoms with Crippen molar-refractivity contribution in [3.8, 4) is 0 Å². The summed E-state index contributed by atoms with van der Waals surface area (Å²) < 4.78 is 0. The Kier molecular flexibility index (Phi) is 10.4. The smallest absolute Gasteiger partial charge is 0.0773 e. The molecule has 0 amide bonds. The van der Waals surface area contributed by atoms with Crippen LogP contribution < -0.4 is 0 Å². The average Bonchev–Trinajstić information content (AvgIpc) is 2.25. The van der Waals surface area contributed by atoms with E-state index < -0.39 is 6.10 Å². The Morgan fingerprint density at radius 1 is 0.933 bits per heavy atom. The number of unbranched alkanes of at least 4 members (excludes halogenated alkanes) is 3. The number of aliphatic hydroxyl groups excluding tert-OH is 2. The predicted molar refractivity (Wildman–Crippen MR) is 64.9 cm³/mol. The molecule has 0 aromatic rings. The minimum absolute atomic E-state index is 0.0869. The monoisotopic (exact) mass is 216 g/mol. The SMILES string of the molecule is CCCCCC(CCCC)CC(O)CO. The average molecular weight is 216 g/mol. The normalized spacial score (nSPS) is 15.2. The summed E-state index contributed by atoms with van der Waals surface area (Å²) in [5.41, 5.74) is 0. The first-order valence-corrected chi connectivity index (χ1v) is 6.53. The Morgan fingerprint density at radius 2 is 1.53 bits per heavy atom.